The summed E-state index contributed by atoms with van der Waals surface area (Å²) in [6.07, 6.45) is 3.56. The first-order valence-corrected chi connectivity index (χ1v) is 9.68. The molecule has 1 saturated carbocycles. The summed E-state index contributed by atoms with van der Waals surface area (Å²) in [5.74, 6) is 1.16. The minimum Gasteiger partial charge on any atom is -0.337 e. The van der Waals surface area contributed by atoms with Gasteiger partial charge in [-0.05, 0) is 42.6 Å². The van der Waals surface area contributed by atoms with E-state index < -0.39 is 0 Å². The third-order valence-electron chi connectivity index (χ3n) is 5.02. The Balaban J connectivity index is 1.80. The summed E-state index contributed by atoms with van der Waals surface area (Å²) in [5, 5.41) is 4.05. The SMILES string of the molecule is CCc1nnsc1C(=O)N1CCC(=O)N(CC2CC2)C(C(C)C)C1. The van der Waals surface area contributed by atoms with Crippen LogP contribution in [0, 0.1) is 11.8 Å². The number of hydrogen-bond acceptors (Lipinski definition) is 5. The van der Waals surface area contributed by atoms with Crippen molar-refractivity contribution in [2.75, 3.05) is 19.6 Å². The van der Waals surface area contributed by atoms with Crippen molar-refractivity contribution in [2.45, 2.75) is 52.5 Å². The molecule has 0 N–H and O–H groups in total. The van der Waals surface area contributed by atoms with Gasteiger partial charge >= 0.3 is 0 Å². The summed E-state index contributed by atoms with van der Waals surface area (Å²) in [6, 6.07) is 0.0931. The van der Waals surface area contributed by atoms with Gasteiger partial charge in [0.25, 0.3) is 5.91 Å². The second kappa shape index (κ2) is 7.17. The first-order valence-electron chi connectivity index (χ1n) is 8.91. The molecule has 1 unspecified atom stereocenters. The van der Waals surface area contributed by atoms with E-state index >= 15 is 0 Å². The average molecular weight is 350 g/mol. The largest absolute Gasteiger partial charge is 0.337 e. The Labute approximate surface area is 147 Å². The molecule has 7 heteroatoms. The van der Waals surface area contributed by atoms with E-state index in [2.05, 4.69) is 23.4 Å². The number of nitrogens with zero attached hydrogens (tertiary/aromatic N) is 4. The van der Waals surface area contributed by atoms with E-state index in [1.807, 2.05) is 16.7 Å². The fourth-order valence-electron chi connectivity index (χ4n) is 3.29. The van der Waals surface area contributed by atoms with E-state index in [1.165, 1.54) is 12.8 Å². The van der Waals surface area contributed by atoms with Gasteiger partial charge in [-0.15, -0.1) is 5.10 Å². The predicted molar refractivity (Wildman–Crippen MR) is 92.9 cm³/mol. The van der Waals surface area contributed by atoms with Crippen LogP contribution < -0.4 is 0 Å². The summed E-state index contributed by atoms with van der Waals surface area (Å²) in [6.45, 7) is 8.20. The van der Waals surface area contributed by atoms with Gasteiger partial charge in [-0.3, -0.25) is 9.59 Å². The molecule has 0 bridgehead atoms. The second-order valence-corrected chi connectivity index (χ2v) is 7.96. The Hall–Kier alpha value is -1.50. The lowest BCUT2D eigenvalue weighted by Gasteiger charge is -2.34. The van der Waals surface area contributed by atoms with Gasteiger partial charge in [0.2, 0.25) is 5.91 Å². The Kier molecular flexibility index (Phi) is 5.18. The van der Waals surface area contributed by atoms with Gasteiger partial charge in [-0.25, -0.2) is 0 Å². The van der Waals surface area contributed by atoms with E-state index in [0.29, 0.717) is 42.6 Å². The quantitative estimate of drug-likeness (QED) is 0.817. The van der Waals surface area contributed by atoms with Crippen LogP contribution in [0.25, 0.3) is 0 Å². The molecule has 1 aromatic rings. The molecule has 1 atom stereocenters. The fraction of sp³-hybridized carbons (Fsp3) is 0.765. The lowest BCUT2D eigenvalue weighted by atomic mass is 10.0. The molecule has 0 spiro atoms. The molecule has 1 saturated heterocycles. The standard InChI is InChI=1S/C17H26N4O2S/c1-4-13-16(24-19-18-13)17(23)20-8-7-15(22)21(9-12-5-6-12)14(10-20)11(2)3/h11-12,14H,4-10H2,1-3H3. The van der Waals surface area contributed by atoms with Crippen molar-refractivity contribution in [3.8, 4) is 0 Å². The van der Waals surface area contributed by atoms with Gasteiger partial charge in [0, 0.05) is 26.1 Å². The van der Waals surface area contributed by atoms with E-state index in [1.54, 1.807) is 0 Å². The number of carbonyl (C=O) groups is 2. The van der Waals surface area contributed by atoms with Crippen LogP contribution in [0.1, 0.15) is 55.4 Å². The van der Waals surface area contributed by atoms with E-state index in [-0.39, 0.29) is 17.9 Å². The van der Waals surface area contributed by atoms with Crippen molar-refractivity contribution in [1.29, 1.82) is 0 Å². The molecule has 132 valence electrons. The summed E-state index contributed by atoms with van der Waals surface area (Å²) in [7, 11) is 0. The van der Waals surface area contributed by atoms with Crippen molar-refractivity contribution >= 4 is 23.3 Å². The van der Waals surface area contributed by atoms with Gasteiger partial charge in [0.1, 0.15) is 4.88 Å². The minimum absolute atomic E-state index is 0.0198. The molecule has 1 aliphatic heterocycles. The van der Waals surface area contributed by atoms with E-state index in [9.17, 15) is 9.59 Å². The molecule has 2 heterocycles. The van der Waals surface area contributed by atoms with Crippen molar-refractivity contribution in [3.05, 3.63) is 10.6 Å². The highest BCUT2D eigenvalue weighted by atomic mass is 32.1. The first-order chi connectivity index (χ1) is 11.5. The summed E-state index contributed by atoms with van der Waals surface area (Å²) in [5.41, 5.74) is 0.761. The number of hydrogen-bond donors (Lipinski definition) is 0. The topological polar surface area (TPSA) is 66.4 Å². The average Bonchev–Trinajstić information content (AvgIpc) is 3.28. The monoisotopic (exact) mass is 350 g/mol. The van der Waals surface area contributed by atoms with Crippen LogP contribution in [0.2, 0.25) is 0 Å². The van der Waals surface area contributed by atoms with Gasteiger partial charge in [-0.1, -0.05) is 25.3 Å². The molecule has 24 heavy (non-hydrogen) atoms. The molecule has 1 aliphatic carbocycles. The van der Waals surface area contributed by atoms with Crippen LogP contribution in [0.3, 0.4) is 0 Å². The van der Waals surface area contributed by atoms with Gasteiger partial charge in [0.15, 0.2) is 0 Å². The van der Waals surface area contributed by atoms with Crippen molar-refractivity contribution in [3.63, 3.8) is 0 Å². The van der Waals surface area contributed by atoms with Crippen LogP contribution in [0.4, 0.5) is 0 Å². The molecular weight excluding hydrogens is 324 g/mol. The molecule has 0 aromatic carbocycles. The first kappa shape index (κ1) is 17.3. The van der Waals surface area contributed by atoms with Gasteiger partial charge in [0.05, 0.1) is 11.7 Å². The molecule has 1 aromatic heterocycles. The zero-order chi connectivity index (χ0) is 17.3. The van der Waals surface area contributed by atoms with Crippen LogP contribution >= 0.6 is 11.5 Å². The summed E-state index contributed by atoms with van der Waals surface area (Å²) >= 11 is 1.16. The van der Waals surface area contributed by atoms with Crippen LogP contribution in [-0.2, 0) is 11.2 Å². The second-order valence-electron chi connectivity index (χ2n) is 7.20. The summed E-state index contributed by atoms with van der Waals surface area (Å²) < 4.78 is 3.93. The molecule has 2 amide bonds. The third-order valence-corrected chi connectivity index (χ3v) is 5.77. The number of aromatic nitrogens is 2. The Morgan fingerprint density at radius 2 is 2.12 bits per heavy atom. The minimum atomic E-state index is -0.0198. The maximum Gasteiger partial charge on any atom is 0.267 e. The number of aryl methyl sites for hydroxylation is 1. The lowest BCUT2D eigenvalue weighted by molar-refractivity contribution is -0.133. The van der Waals surface area contributed by atoms with Crippen LogP contribution in [-0.4, -0.2) is 56.9 Å². The fourth-order valence-corrected chi connectivity index (χ4v) is 4.01. The van der Waals surface area contributed by atoms with Gasteiger partial charge < -0.3 is 9.80 Å². The molecule has 0 radical (unpaired) electrons. The number of rotatable bonds is 5. The summed E-state index contributed by atoms with van der Waals surface area (Å²) in [4.78, 5) is 30.1. The molecule has 6 nitrogen and oxygen atoms in total. The van der Waals surface area contributed by atoms with Crippen LogP contribution in [0.5, 0.6) is 0 Å². The smallest absolute Gasteiger partial charge is 0.267 e. The zero-order valence-electron chi connectivity index (χ0n) is 14.7. The maximum absolute atomic E-state index is 12.9. The molecule has 3 rings (SSSR count). The predicted octanol–water partition coefficient (Wildman–Crippen LogP) is 2.21. The van der Waals surface area contributed by atoms with Crippen LogP contribution in [0.15, 0.2) is 0 Å². The molecular formula is C17H26N4O2S. The normalized spacial score (nSPS) is 22.2. The highest BCUT2D eigenvalue weighted by molar-refractivity contribution is 7.08. The number of amides is 2. The molecule has 2 aliphatic rings. The number of carbonyl (C=O) groups excluding carboxylic acids is 2. The highest BCUT2D eigenvalue weighted by Crippen LogP contribution is 2.32. The van der Waals surface area contributed by atoms with E-state index in [4.69, 9.17) is 0 Å². The molecule has 2 fully saturated rings. The highest BCUT2D eigenvalue weighted by Gasteiger charge is 2.37. The Morgan fingerprint density at radius 3 is 2.75 bits per heavy atom. The Bertz CT molecular complexity index is 611. The van der Waals surface area contributed by atoms with Crippen molar-refractivity contribution < 1.29 is 9.59 Å². The maximum atomic E-state index is 12.9. The third kappa shape index (κ3) is 3.61. The lowest BCUT2D eigenvalue weighted by Crippen LogP contribution is -2.48. The van der Waals surface area contributed by atoms with Crippen molar-refractivity contribution in [2.24, 2.45) is 11.8 Å². The van der Waals surface area contributed by atoms with Gasteiger partial charge in [-0.2, -0.15) is 0 Å². The zero-order valence-corrected chi connectivity index (χ0v) is 15.5. The Morgan fingerprint density at radius 1 is 1.38 bits per heavy atom. The van der Waals surface area contributed by atoms with Crippen molar-refractivity contribution in [1.82, 2.24) is 19.4 Å². The van der Waals surface area contributed by atoms with E-state index in [0.717, 1.165) is 23.8 Å².